The predicted molar refractivity (Wildman–Crippen MR) is 96.2 cm³/mol. The van der Waals surface area contributed by atoms with Gasteiger partial charge in [0, 0.05) is 10.9 Å². The highest BCUT2D eigenvalue weighted by atomic mass is 32.1. The third kappa shape index (κ3) is 3.75. The number of benzene rings is 2. The van der Waals surface area contributed by atoms with Crippen LogP contribution in [-0.2, 0) is 4.79 Å². The lowest BCUT2D eigenvalue weighted by Crippen LogP contribution is -2.13. The summed E-state index contributed by atoms with van der Waals surface area (Å²) < 4.78 is 0. The van der Waals surface area contributed by atoms with Crippen molar-refractivity contribution in [1.29, 1.82) is 5.26 Å². The van der Waals surface area contributed by atoms with E-state index in [9.17, 15) is 10.1 Å². The van der Waals surface area contributed by atoms with Crippen molar-refractivity contribution >= 4 is 28.5 Å². The van der Waals surface area contributed by atoms with E-state index in [0.29, 0.717) is 5.13 Å². The number of amides is 1. The van der Waals surface area contributed by atoms with Crippen molar-refractivity contribution in [2.45, 2.75) is 0 Å². The average molecular weight is 331 g/mol. The Bertz CT molecular complexity index is 909. The number of nitrogens with zero attached hydrogens (tertiary/aromatic N) is 2. The van der Waals surface area contributed by atoms with E-state index in [1.165, 1.54) is 11.3 Å². The number of carbonyl (C=O) groups excluding carboxylic acids is 1. The molecule has 1 aromatic heterocycles. The number of anilines is 1. The summed E-state index contributed by atoms with van der Waals surface area (Å²) in [6.07, 6.45) is 1.56. The predicted octanol–water partition coefficient (Wildman–Crippen LogP) is 4.36. The van der Waals surface area contributed by atoms with Crippen LogP contribution in [0.5, 0.6) is 0 Å². The van der Waals surface area contributed by atoms with Gasteiger partial charge in [-0.25, -0.2) is 4.98 Å². The highest BCUT2D eigenvalue weighted by Gasteiger charge is 2.12. The number of nitrogens with one attached hydrogen (secondary N) is 1. The average Bonchev–Trinajstić information content (AvgIpc) is 3.09. The number of carbonyl (C=O) groups is 1. The van der Waals surface area contributed by atoms with Gasteiger partial charge in [-0.2, -0.15) is 5.26 Å². The quantitative estimate of drug-likeness (QED) is 0.571. The standard InChI is InChI=1S/C19H13N3OS/c20-12-16(11-14-7-3-1-4-8-14)18(23)22-19-21-17(13-24-19)15-9-5-2-6-10-15/h1-11,13H,(H,21,22,23)/b16-11-. The fraction of sp³-hybridized carbons (Fsp3) is 0. The highest BCUT2D eigenvalue weighted by molar-refractivity contribution is 7.14. The first kappa shape index (κ1) is 15.7. The van der Waals surface area contributed by atoms with Gasteiger partial charge >= 0.3 is 0 Å². The Morgan fingerprint density at radius 1 is 1.08 bits per heavy atom. The van der Waals surface area contributed by atoms with E-state index in [-0.39, 0.29) is 5.57 Å². The Hall–Kier alpha value is -3.23. The molecular formula is C19H13N3OS. The van der Waals surface area contributed by atoms with Crippen LogP contribution in [0.1, 0.15) is 5.56 Å². The summed E-state index contributed by atoms with van der Waals surface area (Å²) in [6, 6.07) is 20.9. The van der Waals surface area contributed by atoms with E-state index >= 15 is 0 Å². The molecule has 0 bridgehead atoms. The molecule has 0 aliphatic heterocycles. The zero-order valence-corrected chi connectivity index (χ0v) is 13.5. The van der Waals surface area contributed by atoms with Crippen LogP contribution in [0.4, 0.5) is 5.13 Å². The van der Waals surface area contributed by atoms with Crippen molar-refractivity contribution in [3.63, 3.8) is 0 Å². The zero-order valence-electron chi connectivity index (χ0n) is 12.6. The van der Waals surface area contributed by atoms with E-state index in [4.69, 9.17) is 0 Å². The maximum Gasteiger partial charge on any atom is 0.268 e. The van der Waals surface area contributed by atoms with Crippen molar-refractivity contribution in [3.8, 4) is 17.3 Å². The third-order valence-corrected chi connectivity index (χ3v) is 4.03. The number of rotatable bonds is 4. The second kappa shape index (κ2) is 7.36. The Labute approximate surface area is 143 Å². The number of aromatic nitrogens is 1. The topological polar surface area (TPSA) is 65.8 Å². The maximum absolute atomic E-state index is 12.3. The molecule has 0 radical (unpaired) electrons. The first-order valence-corrected chi connectivity index (χ1v) is 8.13. The molecule has 0 aliphatic carbocycles. The van der Waals surface area contributed by atoms with Crippen LogP contribution < -0.4 is 5.32 Å². The fourth-order valence-electron chi connectivity index (χ4n) is 2.10. The Balaban J connectivity index is 1.76. The maximum atomic E-state index is 12.3. The summed E-state index contributed by atoms with van der Waals surface area (Å²) in [4.78, 5) is 16.7. The first-order valence-electron chi connectivity index (χ1n) is 7.25. The fourth-order valence-corrected chi connectivity index (χ4v) is 2.82. The van der Waals surface area contributed by atoms with Crippen LogP contribution in [0.15, 0.2) is 71.6 Å². The van der Waals surface area contributed by atoms with Crippen LogP contribution in [-0.4, -0.2) is 10.9 Å². The lowest BCUT2D eigenvalue weighted by atomic mass is 10.1. The number of nitriles is 1. The van der Waals surface area contributed by atoms with Gasteiger partial charge in [0.1, 0.15) is 11.6 Å². The minimum atomic E-state index is -0.463. The lowest BCUT2D eigenvalue weighted by molar-refractivity contribution is -0.112. The molecule has 0 spiro atoms. The van der Waals surface area contributed by atoms with Gasteiger partial charge in [-0.1, -0.05) is 60.7 Å². The molecule has 3 rings (SSSR count). The number of hydrogen-bond donors (Lipinski definition) is 1. The first-order chi connectivity index (χ1) is 11.8. The Kier molecular flexibility index (Phi) is 4.80. The molecule has 24 heavy (non-hydrogen) atoms. The van der Waals surface area contributed by atoms with Gasteiger partial charge in [0.05, 0.1) is 5.69 Å². The zero-order chi connectivity index (χ0) is 16.8. The van der Waals surface area contributed by atoms with E-state index in [2.05, 4.69) is 10.3 Å². The van der Waals surface area contributed by atoms with Crippen LogP contribution in [0, 0.1) is 11.3 Å². The van der Waals surface area contributed by atoms with Crippen LogP contribution >= 0.6 is 11.3 Å². The molecule has 1 amide bonds. The molecule has 1 N–H and O–H groups in total. The number of hydrogen-bond acceptors (Lipinski definition) is 4. The minimum absolute atomic E-state index is 0.0395. The molecule has 0 fully saturated rings. The normalized spacial score (nSPS) is 10.9. The van der Waals surface area contributed by atoms with Crippen molar-refractivity contribution in [3.05, 3.63) is 77.2 Å². The highest BCUT2D eigenvalue weighted by Crippen LogP contribution is 2.24. The van der Waals surface area contributed by atoms with Gasteiger partial charge < -0.3 is 0 Å². The third-order valence-electron chi connectivity index (χ3n) is 3.27. The van der Waals surface area contributed by atoms with Gasteiger partial charge in [0.25, 0.3) is 5.91 Å². The van der Waals surface area contributed by atoms with Crippen LogP contribution in [0.2, 0.25) is 0 Å². The minimum Gasteiger partial charge on any atom is -0.297 e. The molecule has 0 atom stereocenters. The summed E-state index contributed by atoms with van der Waals surface area (Å²) in [5.41, 5.74) is 2.61. The molecule has 1 heterocycles. The van der Waals surface area contributed by atoms with Gasteiger partial charge in [-0.05, 0) is 11.6 Å². The van der Waals surface area contributed by atoms with E-state index in [0.717, 1.165) is 16.8 Å². The Morgan fingerprint density at radius 3 is 2.42 bits per heavy atom. The largest absolute Gasteiger partial charge is 0.297 e. The van der Waals surface area contributed by atoms with E-state index in [1.54, 1.807) is 6.08 Å². The molecule has 0 saturated heterocycles. The molecular weight excluding hydrogens is 318 g/mol. The monoisotopic (exact) mass is 331 g/mol. The summed E-state index contributed by atoms with van der Waals surface area (Å²) in [5, 5.41) is 14.2. The molecule has 0 saturated carbocycles. The van der Waals surface area contributed by atoms with Gasteiger partial charge in [0.15, 0.2) is 5.13 Å². The molecule has 3 aromatic rings. The molecule has 2 aromatic carbocycles. The summed E-state index contributed by atoms with van der Waals surface area (Å²) in [5.74, 6) is -0.463. The molecule has 5 heteroatoms. The van der Waals surface area contributed by atoms with E-state index in [1.807, 2.05) is 72.1 Å². The summed E-state index contributed by atoms with van der Waals surface area (Å²) in [7, 11) is 0. The summed E-state index contributed by atoms with van der Waals surface area (Å²) in [6.45, 7) is 0. The van der Waals surface area contributed by atoms with Crippen molar-refractivity contribution < 1.29 is 4.79 Å². The van der Waals surface area contributed by atoms with Gasteiger partial charge in [0.2, 0.25) is 0 Å². The molecule has 0 unspecified atom stereocenters. The Morgan fingerprint density at radius 2 is 1.75 bits per heavy atom. The van der Waals surface area contributed by atoms with Gasteiger partial charge in [-0.3, -0.25) is 10.1 Å². The van der Waals surface area contributed by atoms with Crippen LogP contribution in [0.3, 0.4) is 0 Å². The smallest absolute Gasteiger partial charge is 0.268 e. The second-order valence-electron chi connectivity index (χ2n) is 4.94. The lowest BCUT2D eigenvalue weighted by Gasteiger charge is -2.00. The molecule has 0 aliphatic rings. The van der Waals surface area contributed by atoms with Crippen molar-refractivity contribution in [2.24, 2.45) is 0 Å². The second-order valence-corrected chi connectivity index (χ2v) is 5.80. The van der Waals surface area contributed by atoms with Crippen molar-refractivity contribution in [2.75, 3.05) is 5.32 Å². The van der Waals surface area contributed by atoms with Crippen LogP contribution in [0.25, 0.3) is 17.3 Å². The van der Waals surface area contributed by atoms with Gasteiger partial charge in [-0.15, -0.1) is 11.3 Å². The molecule has 4 nitrogen and oxygen atoms in total. The molecule has 116 valence electrons. The van der Waals surface area contributed by atoms with Crippen molar-refractivity contribution in [1.82, 2.24) is 4.98 Å². The SMILES string of the molecule is N#C/C(=C/c1ccccc1)C(=O)Nc1nc(-c2ccccc2)cs1. The van der Waals surface area contributed by atoms with E-state index < -0.39 is 5.91 Å². The summed E-state index contributed by atoms with van der Waals surface area (Å²) >= 11 is 1.33. The number of thiazole rings is 1.